The van der Waals surface area contributed by atoms with Crippen molar-refractivity contribution in [1.29, 1.82) is 0 Å². The predicted octanol–water partition coefficient (Wildman–Crippen LogP) is 4.28. The summed E-state index contributed by atoms with van der Waals surface area (Å²) in [5.41, 5.74) is 2.04. The fourth-order valence-corrected chi connectivity index (χ4v) is 5.50. The lowest BCUT2D eigenvalue weighted by Gasteiger charge is -2.18. The molecule has 29 heavy (non-hydrogen) atoms. The third kappa shape index (κ3) is 5.08. The summed E-state index contributed by atoms with van der Waals surface area (Å²) in [4.78, 5) is 6.46. The average Bonchev–Trinajstić information content (AvgIpc) is 3.36. The van der Waals surface area contributed by atoms with Crippen molar-refractivity contribution < 1.29 is 8.42 Å². The van der Waals surface area contributed by atoms with Crippen LogP contribution in [0.2, 0.25) is 5.02 Å². The molecule has 9 heteroatoms. The first-order valence-electron chi connectivity index (χ1n) is 9.24. The first-order chi connectivity index (χ1) is 14.0. The van der Waals surface area contributed by atoms with Gasteiger partial charge in [0.05, 0.1) is 15.6 Å². The van der Waals surface area contributed by atoms with Gasteiger partial charge in [-0.2, -0.15) is 0 Å². The maximum atomic E-state index is 12.5. The Labute approximate surface area is 179 Å². The number of anilines is 2. The van der Waals surface area contributed by atoms with E-state index in [9.17, 15) is 8.42 Å². The van der Waals surface area contributed by atoms with E-state index in [4.69, 9.17) is 11.6 Å². The molecule has 0 radical (unpaired) electrons. The van der Waals surface area contributed by atoms with Gasteiger partial charge < -0.3 is 5.32 Å². The van der Waals surface area contributed by atoms with Crippen molar-refractivity contribution in [3.05, 3.63) is 70.7 Å². The van der Waals surface area contributed by atoms with E-state index in [2.05, 4.69) is 44.2 Å². The SMILES string of the molecule is O=S(=O)(Nc1nccs1)c1ccc(NC2CCN(Cc3ccccc3)C2)c(Cl)c1. The number of thiazole rings is 1. The zero-order valence-electron chi connectivity index (χ0n) is 15.6. The number of rotatable bonds is 7. The quantitative estimate of drug-likeness (QED) is 0.564. The van der Waals surface area contributed by atoms with Crippen LogP contribution in [0, 0.1) is 0 Å². The molecule has 3 aromatic rings. The van der Waals surface area contributed by atoms with Crippen LogP contribution in [0.4, 0.5) is 10.8 Å². The van der Waals surface area contributed by atoms with Crippen LogP contribution in [-0.4, -0.2) is 37.4 Å². The number of hydrogen-bond donors (Lipinski definition) is 2. The molecule has 2 aromatic carbocycles. The summed E-state index contributed by atoms with van der Waals surface area (Å²) in [6.45, 7) is 2.84. The highest BCUT2D eigenvalue weighted by Gasteiger charge is 2.23. The highest BCUT2D eigenvalue weighted by Crippen LogP contribution is 2.28. The fraction of sp³-hybridized carbons (Fsp3) is 0.250. The number of likely N-dealkylation sites (tertiary alicyclic amines) is 1. The van der Waals surface area contributed by atoms with E-state index < -0.39 is 10.0 Å². The largest absolute Gasteiger partial charge is 0.380 e. The number of halogens is 1. The van der Waals surface area contributed by atoms with Crippen molar-refractivity contribution in [2.24, 2.45) is 0 Å². The zero-order valence-corrected chi connectivity index (χ0v) is 18.0. The molecule has 1 aromatic heterocycles. The lowest BCUT2D eigenvalue weighted by atomic mass is 10.2. The summed E-state index contributed by atoms with van der Waals surface area (Å²) in [6, 6.07) is 15.4. The molecule has 1 saturated heterocycles. The Hall–Kier alpha value is -2.13. The van der Waals surface area contributed by atoms with E-state index >= 15 is 0 Å². The molecule has 0 aliphatic carbocycles. The van der Waals surface area contributed by atoms with Gasteiger partial charge in [0.2, 0.25) is 0 Å². The van der Waals surface area contributed by atoms with Gasteiger partial charge in [-0.1, -0.05) is 41.9 Å². The normalized spacial score (nSPS) is 17.3. The maximum Gasteiger partial charge on any atom is 0.263 e. The Balaban J connectivity index is 1.39. The van der Waals surface area contributed by atoms with E-state index in [1.54, 1.807) is 23.7 Å². The standard InChI is InChI=1S/C20H21ClN4O2S2/c21-18-12-17(29(26,27)24-20-22-9-11-28-20)6-7-19(18)23-16-8-10-25(14-16)13-15-4-2-1-3-5-15/h1-7,9,11-12,16,23H,8,10,13-14H2,(H,22,24). The van der Waals surface area contributed by atoms with Gasteiger partial charge in [0.1, 0.15) is 0 Å². The predicted molar refractivity (Wildman–Crippen MR) is 118 cm³/mol. The van der Waals surface area contributed by atoms with Gasteiger partial charge in [0.25, 0.3) is 10.0 Å². The molecule has 152 valence electrons. The number of benzene rings is 2. The topological polar surface area (TPSA) is 74.3 Å². The molecule has 2 N–H and O–H groups in total. The highest BCUT2D eigenvalue weighted by atomic mass is 35.5. The number of aromatic nitrogens is 1. The molecule has 0 spiro atoms. The van der Waals surface area contributed by atoms with E-state index in [-0.39, 0.29) is 10.9 Å². The van der Waals surface area contributed by atoms with E-state index in [0.717, 1.165) is 31.7 Å². The fourth-order valence-electron chi connectivity index (χ4n) is 3.38. The third-order valence-electron chi connectivity index (χ3n) is 4.79. The lowest BCUT2D eigenvalue weighted by Crippen LogP contribution is -2.26. The summed E-state index contributed by atoms with van der Waals surface area (Å²) >= 11 is 7.60. The highest BCUT2D eigenvalue weighted by molar-refractivity contribution is 7.93. The van der Waals surface area contributed by atoms with Crippen LogP contribution in [0.25, 0.3) is 0 Å². The Morgan fingerprint density at radius 2 is 2.03 bits per heavy atom. The number of hydrogen-bond acceptors (Lipinski definition) is 6. The van der Waals surface area contributed by atoms with Gasteiger partial charge in [-0.05, 0) is 30.2 Å². The molecule has 6 nitrogen and oxygen atoms in total. The average molecular weight is 449 g/mol. The van der Waals surface area contributed by atoms with Crippen molar-refractivity contribution >= 4 is 43.8 Å². The Morgan fingerprint density at radius 3 is 2.76 bits per heavy atom. The van der Waals surface area contributed by atoms with Gasteiger partial charge >= 0.3 is 0 Å². The Bertz CT molecular complexity index is 1060. The molecule has 0 bridgehead atoms. The summed E-state index contributed by atoms with van der Waals surface area (Å²) in [7, 11) is -3.72. The van der Waals surface area contributed by atoms with Crippen LogP contribution in [0.15, 0.2) is 65.0 Å². The van der Waals surface area contributed by atoms with Gasteiger partial charge in [-0.15, -0.1) is 11.3 Å². The van der Waals surface area contributed by atoms with Crippen LogP contribution in [-0.2, 0) is 16.6 Å². The smallest absolute Gasteiger partial charge is 0.263 e. The first-order valence-corrected chi connectivity index (χ1v) is 12.0. The maximum absolute atomic E-state index is 12.5. The molecular formula is C20H21ClN4O2S2. The van der Waals surface area contributed by atoms with E-state index in [0.29, 0.717) is 10.2 Å². The molecular weight excluding hydrogens is 428 g/mol. The van der Waals surface area contributed by atoms with E-state index in [1.807, 2.05) is 6.07 Å². The minimum Gasteiger partial charge on any atom is -0.380 e. The van der Waals surface area contributed by atoms with Gasteiger partial charge in [0, 0.05) is 37.3 Å². The molecule has 1 aliphatic rings. The third-order valence-corrected chi connectivity index (χ3v) is 7.25. The van der Waals surface area contributed by atoms with Crippen LogP contribution < -0.4 is 10.0 Å². The van der Waals surface area contributed by atoms with Crippen LogP contribution in [0.3, 0.4) is 0 Å². The van der Waals surface area contributed by atoms with Crippen LogP contribution in [0.1, 0.15) is 12.0 Å². The molecule has 1 unspecified atom stereocenters. The van der Waals surface area contributed by atoms with Crippen molar-refractivity contribution in [3.8, 4) is 0 Å². The summed E-state index contributed by atoms with van der Waals surface area (Å²) in [5, 5.41) is 5.87. The molecule has 4 rings (SSSR count). The number of nitrogens with zero attached hydrogens (tertiary/aromatic N) is 2. The zero-order chi connectivity index (χ0) is 20.3. The molecule has 0 amide bonds. The monoisotopic (exact) mass is 448 g/mol. The molecule has 1 fully saturated rings. The van der Waals surface area contributed by atoms with Gasteiger partial charge in [-0.3, -0.25) is 9.62 Å². The Morgan fingerprint density at radius 1 is 1.21 bits per heavy atom. The Kier molecular flexibility index (Phi) is 6.05. The number of sulfonamides is 1. The minimum atomic E-state index is -3.72. The van der Waals surface area contributed by atoms with Crippen LogP contribution >= 0.6 is 22.9 Å². The van der Waals surface area contributed by atoms with Crippen molar-refractivity contribution in [3.63, 3.8) is 0 Å². The lowest BCUT2D eigenvalue weighted by molar-refractivity contribution is 0.328. The van der Waals surface area contributed by atoms with E-state index in [1.165, 1.54) is 23.0 Å². The number of nitrogens with one attached hydrogen (secondary N) is 2. The van der Waals surface area contributed by atoms with Crippen molar-refractivity contribution in [1.82, 2.24) is 9.88 Å². The molecule has 0 saturated carbocycles. The van der Waals surface area contributed by atoms with Crippen molar-refractivity contribution in [2.45, 2.75) is 23.9 Å². The molecule has 1 atom stereocenters. The minimum absolute atomic E-state index is 0.111. The first kappa shape index (κ1) is 20.2. The molecule has 1 aliphatic heterocycles. The summed E-state index contributed by atoms with van der Waals surface area (Å²) < 4.78 is 27.4. The van der Waals surface area contributed by atoms with Crippen LogP contribution in [0.5, 0.6) is 0 Å². The van der Waals surface area contributed by atoms with Gasteiger partial charge in [0.15, 0.2) is 5.13 Å². The summed E-state index contributed by atoms with van der Waals surface area (Å²) in [5.74, 6) is 0. The molecule has 2 heterocycles. The van der Waals surface area contributed by atoms with Gasteiger partial charge in [-0.25, -0.2) is 13.4 Å². The van der Waals surface area contributed by atoms with Crippen molar-refractivity contribution in [2.75, 3.05) is 23.1 Å². The second kappa shape index (κ2) is 8.71. The summed E-state index contributed by atoms with van der Waals surface area (Å²) in [6.07, 6.45) is 2.56. The second-order valence-electron chi connectivity index (χ2n) is 6.94. The second-order valence-corrected chi connectivity index (χ2v) is 9.92.